The van der Waals surface area contributed by atoms with E-state index >= 15 is 0 Å². The standard InChI is InChI=1S/C14H21NOS/c1-4-9-17-10-14(16)15-12(3)13-8-6-5-7-11(13)2/h5-8,12H,4,9-10H2,1-3H3,(H,15,16). The van der Waals surface area contributed by atoms with Gasteiger partial charge in [0.15, 0.2) is 0 Å². The van der Waals surface area contributed by atoms with Crippen molar-refractivity contribution in [3.8, 4) is 0 Å². The van der Waals surface area contributed by atoms with Gasteiger partial charge in [-0.05, 0) is 37.1 Å². The van der Waals surface area contributed by atoms with Crippen LogP contribution in [0.3, 0.4) is 0 Å². The second kappa shape index (κ2) is 7.38. The van der Waals surface area contributed by atoms with Crippen molar-refractivity contribution >= 4 is 17.7 Å². The smallest absolute Gasteiger partial charge is 0.230 e. The number of thioether (sulfide) groups is 1. The predicted octanol–water partition coefficient (Wildman–Crippen LogP) is 3.32. The van der Waals surface area contributed by atoms with Crippen LogP contribution in [-0.4, -0.2) is 17.4 Å². The van der Waals surface area contributed by atoms with Crippen molar-refractivity contribution in [2.45, 2.75) is 33.2 Å². The van der Waals surface area contributed by atoms with Gasteiger partial charge in [-0.15, -0.1) is 0 Å². The number of aryl methyl sites for hydroxylation is 1. The van der Waals surface area contributed by atoms with E-state index in [1.807, 2.05) is 19.1 Å². The van der Waals surface area contributed by atoms with Crippen molar-refractivity contribution in [3.63, 3.8) is 0 Å². The van der Waals surface area contributed by atoms with Gasteiger partial charge in [-0.2, -0.15) is 11.8 Å². The van der Waals surface area contributed by atoms with E-state index < -0.39 is 0 Å². The van der Waals surface area contributed by atoms with Gasteiger partial charge in [-0.1, -0.05) is 31.2 Å². The molecule has 1 unspecified atom stereocenters. The molecule has 0 spiro atoms. The lowest BCUT2D eigenvalue weighted by Gasteiger charge is -2.16. The zero-order valence-corrected chi connectivity index (χ0v) is 11.6. The summed E-state index contributed by atoms with van der Waals surface area (Å²) < 4.78 is 0. The van der Waals surface area contributed by atoms with Crippen LogP contribution < -0.4 is 5.32 Å². The van der Waals surface area contributed by atoms with E-state index in [2.05, 4.69) is 31.3 Å². The Labute approximate surface area is 108 Å². The maximum atomic E-state index is 11.7. The molecule has 1 aromatic carbocycles. The highest BCUT2D eigenvalue weighted by Gasteiger charge is 2.10. The first-order chi connectivity index (χ1) is 8.15. The lowest BCUT2D eigenvalue weighted by atomic mass is 10.0. The summed E-state index contributed by atoms with van der Waals surface area (Å²) in [5.41, 5.74) is 2.42. The normalized spacial score (nSPS) is 12.2. The molecule has 0 aliphatic rings. The van der Waals surface area contributed by atoms with Gasteiger partial charge < -0.3 is 5.32 Å². The monoisotopic (exact) mass is 251 g/mol. The molecule has 3 heteroatoms. The minimum atomic E-state index is 0.0888. The number of nitrogens with one attached hydrogen (secondary N) is 1. The Morgan fingerprint density at radius 1 is 1.41 bits per heavy atom. The fraction of sp³-hybridized carbons (Fsp3) is 0.500. The van der Waals surface area contributed by atoms with E-state index in [1.165, 1.54) is 11.1 Å². The maximum Gasteiger partial charge on any atom is 0.230 e. The van der Waals surface area contributed by atoms with E-state index in [1.54, 1.807) is 11.8 Å². The molecule has 0 aromatic heterocycles. The number of hydrogen-bond acceptors (Lipinski definition) is 2. The minimum Gasteiger partial charge on any atom is -0.349 e. The quantitative estimate of drug-likeness (QED) is 0.786. The third-order valence-electron chi connectivity index (χ3n) is 2.61. The molecule has 0 fully saturated rings. The van der Waals surface area contributed by atoms with Crippen LogP contribution in [0.15, 0.2) is 24.3 Å². The summed E-state index contributed by atoms with van der Waals surface area (Å²) in [6, 6.07) is 8.26. The van der Waals surface area contributed by atoms with Crippen LogP contribution >= 0.6 is 11.8 Å². The number of hydrogen-bond donors (Lipinski definition) is 1. The fourth-order valence-corrected chi connectivity index (χ4v) is 2.44. The summed E-state index contributed by atoms with van der Waals surface area (Å²) in [6.07, 6.45) is 1.12. The molecule has 94 valence electrons. The summed E-state index contributed by atoms with van der Waals surface area (Å²) in [5, 5.41) is 3.04. The highest BCUT2D eigenvalue weighted by Crippen LogP contribution is 2.16. The first-order valence-electron chi connectivity index (χ1n) is 6.07. The molecule has 1 atom stereocenters. The van der Waals surface area contributed by atoms with Crippen molar-refractivity contribution in [2.24, 2.45) is 0 Å². The molecule has 1 N–H and O–H groups in total. The van der Waals surface area contributed by atoms with Gasteiger partial charge >= 0.3 is 0 Å². The Morgan fingerprint density at radius 2 is 2.12 bits per heavy atom. The van der Waals surface area contributed by atoms with Crippen molar-refractivity contribution in [1.82, 2.24) is 5.32 Å². The van der Waals surface area contributed by atoms with Crippen molar-refractivity contribution in [3.05, 3.63) is 35.4 Å². The molecular weight excluding hydrogens is 230 g/mol. The molecule has 1 rings (SSSR count). The highest BCUT2D eigenvalue weighted by atomic mass is 32.2. The number of amides is 1. The minimum absolute atomic E-state index is 0.0888. The average molecular weight is 251 g/mol. The molecule has 17 heavy (non-hydrogen) atoms. The molecule has 0 saturated carbocycles. The van der Waals surface area contributed by atoms with E-state index in [0.717, 1.165) is 12.2 Å². The zero-order valence-electron chi connectivity index (χ0n) is 10.8. The molecule has 0 aliphatic carbocycles. The van der Waals surface area contributed by atoms with E-state index in [9.17, 15) is 4.79 Å². The first kappa shape index (κ1) is 14.1. The molecule has 0 saturated heterocycles. The summed E-state index contributed by atoms with van der Waals surface area (Å²) in [5.74, 6) is 1.73. The SMILES string of the molecule is CCCSCC(=O)NC(C)c1ccccc1C. The van der Waals surface area contributed by atoms with Crippen molar-refractivity contribution in [2.75, 3.05) is 11.5 Å². The number of carbonyl (C=O) groups is 1. The second-order valence-corrected chi connectivity index (χ2v) is 5.30. The summed E-state index contributed by atoms with van der Waals surface area (Å²) in [7, 11) is 0. The number of carbonyl (C=O) groups excluding carboxylic acids is 1. The Bertz CT molecular complexity index is 365. The molecule has 1 amide bonds. The zero-order chi connectivity index (χ0) is 12.7. The Hall–Kier alpha value is -0.960. The average Bonchev–Trinajstić information content (AvgIpc) is 2.29. The van der Waals surface area contributed by atoms with Gasteiger partial charge in [0, 0.05) is 0 Å². The van der Waals surface area contributed by atoms with Crippen LogP contribution in [0.5, 0.6) is 0 Å². The Morgan fingerprint density at radius 3 is 2.76 bits per heavy atom. The van der Waals surface area contributed by atoms with Crippen LogP contribution in [-0.2, 0) is 4.79 Å². The topological polar surface area (TPSA) is 29.1 Å². The van der Waals surface area contributed by atoms with E-state index in [-0.39, 0.29) is 11.9 Å². The molecule has 0 radical (unpaired) electrons. The van der Waals surface area contributed by atoms with Gasteiger partial charge in [0.2, 0.25) is 5.91 Å². The second-order valence-electron chi connectivity index (χ2n) is 4.20. The molecular formula is C14H21NOS. The summed E-state index contributed by atoms with van der Waals surface area (Å²) in [6.45, 7) is 6.23. The third-order valence-corrected chi connectivity index (χ3v) is 3.78. The van der Waals surface area contributed by atoms with Crippen LogP contribution in [0.1, 0.15) is 37.4 Å². The van der Waals surface area contributed by atoms with Gasteiger partial charge in [-0.25, -0.2) is 0 Å². The molecule has 0 aliphatic heterocycles. The van der Waals surface area contributed by atoms with Gasteiger partial charge in [-0.3, -0.25) is 4.79 Å². The lowest BCUT2D eigenvalue weighted by molar-refractivity contribution is -0.119. The van der Waals surface area contributed by atoms with Gasteiger partial charge in [0.05, 0.1) is 11.8 Å². The Balaban J connectivity index is 2.46. The number of rotatable bonds is 6. The molecule has 0 bridgehead atoms. The Kier molecular flexibility index (Phi) is 6.12. The van der Waals surface area contributed by atoms with E-state index in [0.29, 0.717) is 5.75 Å². The van der Waals surface area contributed by atoms with Gasteiger partial charge in [0.25, 0.3) is 0 Å². The van der Waals surface area contributed by atoms with Crippen molar-refractivity contribution < 1.29 is 4.79 Å². The fourth-order valence-electron chi connectivity index (χ4n) is 1.74. The first-order valence-corrected chi connectivity index (χ1v) is 7.23. The molecule has 1 aromatic rings. The summed E-state index contributed by atoms with van der Waals surface area (Å²) >= 11 is 1.69. The third kappa shape index (κ3) is 4.82. The van der Waals surface area contributed by atoms with Crippen LogP contribution in [0, 0.1) is 6.92 Å². The summed E-state index contributed by atoms with van der Waals surface area (Å²) in [4.78, 5) is 11.7. The molecule has 2 nitrogen and oxygen atoms in total. The van der Waals surface area contributed by atoms with Crippen LogP contribution in [0.4, 0.5) is 0 Å². The molecule has 0 heterocycles. The van der Waals surface area contributed by atoms with Crippen LogP contribution in [0.2, 0.25) is 0 Å². The number of benzene rings is 1. The highest BCUT2D eigenvalue weighted by molar-refractivity contribution is 7.99. The maximum absolute atomic E-state index is 11.7. The predicted molar refractivity (Wildman–Crippen MR) is 75.4 cm³/mol. The van der Waals surface area contributed by atoms with Crippen LogP contribution in [0.25, 0.3) is 0 Å². The van der Waals surface area contributed by atoms with Gasteiger partial charge in [0.1, 0.15) is 0 Å². The van der Waals surface area contributed by atoms with Crippen molar-refractivity contribution in [1.29, 1.82) is 0 Å². The van der Waals surface area contributed by atoms with E-state index in [4.69, 9.17) is 0 Å². The largest absolute Gasteiger partial charge is 0.349 e. The lowest BCUT2D eigenvalue weighted by Crippen LogP contribution is -2.28.